The van der Waals surface area contributed by atoms with E-state index in [1.807, 2.05) is 0 Å². The minimum atomic E-state index is -1.07. The van der Waals surface area contributed by atoms with Gasteiger partial charge in [-0.15, -0.1) is 11.3 Å². The molecule has 0 aliphatic heterocycles. The molecule has 2 N–H and O–H groups in total. The molecule has 1 aromatic carbocycles. The molecule has 1 atom stereocenters. The number of nitrogens with zero attached hydrogens (tertiary/aromatic N) is 1. The van der Waals surface area contributed by atoms with Gasteiger partial charge in [-0.3, -0.25) is 19.3 Å². The van der Waals surface area contributed by atoms with Gasteiger partial charge in [0.05, 0.1) is 18.5 Å². The van der Waals surface area contributed by atoms with Gasteiger partial charge in [0.15, 0.2) is 5.76 Å². The van der Waals surface area contributed by atoms with Crippen LogP contribution in [0.2, 0.25) is 0 Å². The number of carbonyl (C=O) groups excluding carboxylic acids is 3. The van der Waals surface area contributed by atoms with Gasteiger partial charge >= 0.3 is 0 Å². The van der Waals surface area contributed by atoms with Crippen LogP contribution < -0.4 is 15.5 Å². The van der Waals surface area contributed by atoms with Crippen molar-refractivity contribution in [3.8, 4) is 0 Å². The van der Waals surface area contributed by atoms with E-state index in [-0.39, 0.29) is 23.4 Å². The van der Waals surface area contributed by atoms with Crippen LogP contribution >= 0.6 is 11.3 Å². The number of hydrogen-bond donors (Lipinski definition) is 2. The standard InChI is InChI=1S/C24H24FN3O4S/c25-17-9-3-4-10-18(17)28(21(29)15-26-23(30)19-11-5-13-32-19)22(20-12-6-14-33-20)24(31)27-16-7-1-2-8-16/h3-6,9-14,16,22H,1-2,7-8,15H2,(H,26,30)(H,27,31). The van der Waals surface area contributed by atoms with Gasteiger partial charge < -0.3 is 15.1 Å². The van der Waals surface area contributed by atoms with Crippen molar-refractivity contribution in [3.63, 3.8) is 0 Å². The van der Waals surface area contributed by atoms with Crippen molar-refractivity contribution in [3.05, 3.63) is 76.6 Å². The van der Waals surface area contributed by atoms with Gasteiger partial charge in [-0.2, -0.15) is 0 Å². The van der Waals surface area contributed by atoms with Crippen molar-refractivity contribution in [2.24, 2.45) is 0 Å². The molecule has 33 heavy (non-hydrogen) atoms. The van der Waals surface area contributed by atoms with Crippen LogP contribution in [0.1, 0.15) is 47.2 Å². The lowest BCUT2D eigenvalue weighted by Gasteiger charge is -2.31. The number of rotatable bonds is 8. The van der Waals surface area contributed by atoms with E-state index in [1.165, 1.54) is 41.9 Å². The monoisotopic (exact) mass is 469 g/mol. The molecule has 9 heteroatoms. The first-order valence-corrected chi connectivity index (χ1v) is 11.6. The minimum Gasteiger partial charge on any atom is -0.459 e. The summed E-state index contributed by atoms with van der Waals surface area (Å²) in [5.41, 5.74) is -0.0327. The molecule has 1 aliphatic carbocycles. The molecule has 0 saturated heterocycles. The number of halogens is 1. The maximum Gasteiger partial charge on any atom is 0.287 e. The highest BCUT2D eigenvalue weighted by molar-refractivity contribution is 7.10. The quantitative estimate of drug-likeness (QED) is 0.521. The summed E-state index contributed by atoms with van der Waals surface area (Å²) in [5, 5.41) is 7.32. The highest BCUT2D eigenvalue weighted by Gasteiger charge is 2.36. The highest BCUT2D eigenvalue weighted by Crippen LogP contribution is 2.33. The largest absolute Gasteiger partial charge is 0.459 e. The predicted molar refractivity (Wildman–Crippen MR) is 122 cm³/mol. The number of furan rings is 1. The molecule has 3 aromatic rings. The molecular weight excluding hydrogens is 445 g/mol. The Morgan fingerprint density at radius 2 is 1.88 bits per heavy atom. The minimum absolute atomic E-state index is 0.0242. The van der Waals surface area contributed by atoms with Crippen LogP contribution in [0.3, 0.4) is 0 Å². The van der Waals surface area contributed by atoms with E-state index in [0.29, 0.717) is 4.88 Å². The first kappa shape index (κ1) is 22.7. The van der Waals surface area contributed by atoms with Gasteiger partial charge in [0.25, 0.3) is 5.91 Å². The van der Waals surface area contributed by atoms with Crippen LogP contribution in [0.25, 0.3) is 0 Å². The number of hydrogen-bond acceptors (Lipinski definition) is 5. The Bertz CT molecular complexity index is 1090. The lowest BCUT2D eigenvalue weighted by atomic mass is 10.1. The summed E-state index contributed by atoms with van der Waals surface area (Å²) in [5.74, 6) is -2.17. The summed E-state index contributed by atoms with van der Waals surface area (Å²) in [7, 11) is 0. The van der Waals surface area contributed by atoms with Crippen LogP contribution in [0.5, 0.6) is 0 Å². The zero-order valence-corrected chi connectivity index (χ0v) is 18.6. The fourth-order valence-electron chi connectivity index (χ4n) is 3.97. The second kappa shape index (κ2) is 10.4. The van der Waals surface area contributed by atoms with Crippen molar-refractivity contribution in [2.75, 3.05) is 11.4 Å². The van der Waals surface area contributed by atoms with E-state index in [2.05, 4.69) is 10.6 Å². The normalized spacial score (nSPS) is 14.6. The van der Waals surface area contributed by atoms with Gasteiger partial charge in [0, 0.05) is 10.9 Å². The second-order valence-electron chi connectivity index (χ2n) is 7.78. The lowest BCUT2D eigenvalue weighted by Crippen LogP contribution is -2.49. The summed E-state index contributed by atoms with van der Waals surface area (Å²) < 4.78 is 19.9. The van der Waals surface area contributed by atoms with Crippen LogP contribution in [0.15, 0.2) is 64.6 Å². The molecule has 0 spiro atoms. The Morgan fingerprint density at radius 1 is 1.09 bits per heavy atom. The number of anilines is 1. The van der Waals surface area contributed by atoms with Gasteiger partial charge in [-0.05, 0) is 48.6 Å². The SMILES string of the molecule is O=C(NCC(=O)N(c1ccccc1F)C(C(=O)NC1CCCC1)c1cccs1)c1ccco1. The van der Waals surface area contributed by atoms with Gasteiger partial charge in [-0.25, -0.2) is 4.39 Å². The molecule has 4 rings (SSSR count). The number of benzene rings is 1. The van der Waals surface area contributed by atoms with E-state index >= 15 is 0 Å². The molecule has 1 aliphatic rings. The van der Waals surface area contributed by atoms with E-state index in [9.17, 15) is 18.8 Å². The maximum atomic E-state index is 14.9. The Hall–Kier alpha value is -3.46. The Kier molecular flexibility index (Phi) is 7.19. The molecule has 1 fully saturated rings. The average molecular weight is 470 g/mol. The first-order chi connectivity index (χ1) is 16.0. The molecule has 2 aromatic heterocycles. The predicted octanol–water partition coefficient (Wildman–Crippen LogP) is 4.04. The third-order valence-electron chi connectivity index (χ3n) is 5.55. The Morgan fingerprint density at radius 3 is 2.55 bits per heavy atom. The number of amides is 3. The third kappa shape index (κ3) is 5.31. The Balaban J connectivity index is 1.65. The summed E-state index contributed by atoms with van der Waals surface area (Å²) in [6.07, 6.45) is 5.15. The highest BCUT2D eigenvalue weighted by atomic mass is 32.1. The molecule has 7 nitrogen and oxygen atoms in total. The molecule has 0 radical (unpaired) electrons. The van der Waals surface area contributed by atoms with Crippen LogP contribution in [0, 0.1) is 5.82 Å². The lowest BCUT2D eigenvalue weighted by molar-refractivity contribution is -0.126. The van der Waals surface area contributed by atoms with Crippen molar-refractivity contribution in [2.45, 2.75) is 37.8 Å². The molecule has 172 valence electrons. The van der Waals surface area contributed by atoms with Gasteiger partial charge in [0.1, 0.15) is 11.9 Å². The average Bonchev–Trinajstić information content (AvgIpc) is 3.59. The molecule has 1 unspecified atom stereocenters. The molecular formula is C24H24FN3O4S. The summed E-state index contributed by atoms with van der Waals surface area (Å²) in [6, 6.07) is 11.3. The van der Waals surface area contributed by atoms with Crippen molar-refractivity contribution in [1.29, 1.82) is 0 Å². The van der Waals surface area contributed by atoms with Crippen LogP contribution in [-0.2, 0) is 9.59 Å². The van der Waals surface area contributed by atoms with Crippen molar-refractivity contribution < 1.29 is 23.2 Å². The van der Waals surface area contributed by atoms with Crippen LogP contribution in [0.4, 0.5) is 10.1 Å². The van der Waals surface area contributed by atoms with Crippen molar-refractivity contribution in [1.82, 2.24) is 10.6 Å². The van der Waals surface area contributed by atoms with E-state index in [1.54, 1.807) is 29.6 Å². The first-order valence-electron chi connectivity index (χ1n) is 10.8. The van der Waals surface area contributed by atoms with Gasteiger partial charge in [0.2, 0.25) is 11.8 Å². The summed E-state index contributed by atoms with van der Waals surface area (Å²) in [4.78, 5) is 40.8. The van der Waals surface area contributed by atoms with E-state index in [4.69, 9.17) is 4.42 Å². The number of carbonyl (C=O) groups is 3. The number of para-hydroxylation sites is 1. The zero-order chi connectivity index (χ0) is 23.2. The van der Waals surface area contributed by atoms with E-state index < -0.39 is 30.2 Å². The molecule has 3 amide bonds. The Labute approximate surface area is 194 Å². The third-order valence-corrected chi connectivity index (χ3v) is 6.47. The molecule has 1 saturated carbocycles. The topological polar surface area (TPSA) is 91.7 Å². The molecule has 0 bridgehead atoms. The summed E-state index contributed by atoms with van der Waals surface area (Å²) >= 11 is 1.31. The maximum absolute atomic E-state index is 14.9. The fourth-order valence-corrected chi connectivity index (χ4v) is 4.78. The zero-order valence-electron chi connectivity index (χ0n) is 17.8. The molecule has 2 heterocycles. The van der Waals surface area contributed by atoms with Gasteiger partial charge in [-0.1, -0.05) is 31.0 Å². The number of thiophene rings is 1. The van der Waals surface area contributed by atoms with E-state index in [0.717, 1.165) is 30.6 Å². The second-order valence-corrected chi connectivity index (χ2v) is 8.76. The van der Waals surface area contributed by atoms with Crippen LogP contribution in [-0.4, -0.2) is 30.3 Å². The fraction of sp³-hybridized carbons (Fsp3) is 0.292. The number of nitrogens with one attached hydrogen (secondary N) is 2. The van der Waals surface area contributed by atoms with Crippen molar-refractivity contribution >= 4 is 34.7 Å². The smallest absolute Gasteiger partial charge is 0.287 e. The summed E-state index contributed by atoms with van der Waals surface area (Å²) in [6.45, 7) is -0.438.